The van der Waals surface area contributed by atoms with Crippen LogP contribution in [-0.2, 0) is 16.1 Å². The third-order valence-electron chi connectivity index (χ3n) is 6.96. The maximum absolute atomic E-state index is 13.2. The summed E-state index contributed by atoms with van der Waals surface area (Å²) in [7, 11) is 2.18. The Morgan fingerprint density at radius 3 is 2.83 bits per heavy atom. The van der Waals surface area contributed by atoms with Crippen LogP contribution in [0.2, 0.25) is 0 Å². The van der Waals surface area contributed by atoms with E-state index in [0.717, 1.165) is 58.3 Å². The van der Waals surface area contributed by atoms with Gasteiger partial charge in [0.1, 0.15) is 0 Å². The van der Waals surface area contributed by atoms with E-state index < -0.39 is 0 Å². The highest BCUT2D eigenvalue weighted by atomic mass is 16.5. The van der Waals surface area contributed by atoms with Gasteiger partial charge in [0.15, 0.2) is 0 Å². The van der Waals surface area contributed by atoms with Gasteiger partial charge in [0.25, 0.3) is 0 Å². The van der Waals surface area contributed by atoms with Crippen molar-refractivity contribution in [1.82, 2.24) is 20.4 Å². The van der Waals surface area contributed by atoms with E-state index in [2.05, 4.69) is 55.2 Å². The number of rotatable bonds is 9. The van der Waals surface area contributed by atoms with Crippen LogP contribution in [0.3, 0.4) is 0 Å². The molecule has 1 spiro atoms. The Balaban J connectivity index is 1.76. The largest absolute Gasteiger partial charge is 0.374 e. The highest BCUT2D eigenvalue weighted by molar-refractivity contribution is 5.80. The SMILES string of the molecule is CCCCN(C)Cc1cn[nH]c1[C@@H]1CC[C@@]2(CC(C)(C)CO2)C(C(=O)NCCC)C1. The lowest BCUT2D eigenvalue weighted by molar-refractivity contribution is -0.141. The molecule has 2 aliphatic rings. The number of carbonyl (C=O) groups is 1. The summed E-state index contributed by atoms with van der Waals surface area (Å²) in [5.41, 5.74) is 2.32. The van der Waals surface area contributed by atoms with Crippen molar-refractivity contribution in [3.63, 3.8) is 0 Å². The third-order valence-corrected chi connectivity index (χ3v) is 6.96. The maximum atomic E-state index is 13.2. The number of unbranched alkanes of at least 4 members (excludes halogenated alkanes) is 1. The first-order valence-electron chi connectivity index (χ1n) is 11.9. The first-order valence-corrected chi connectivity index (χ1v) is 11.9. The molecule has 0 bridgehead atoms. The van der Waals surface area contributed by atoms with Crippen molar-refractivity contribution in [3.8, 4) is 0 Å². The van der Waals surface area contributed by atoms with Gasteiger partial charge in [0.05, 0.1) is 24.3 Å². The second-order valence-corrected chi connectivity index (χ2v) is 10.4. The van der Waals surface area contributed by atoms with Gasteiger partial charge in [-0.25, -0.2) is 0 Å². The standard InChI is InChI=1S/C24H42N4O2/c1-6-8-12-28(5)15-19-14-26-27-21(19)18-9-10-24(16-23(3,4)17-30-24)20(13-18)22(29)25-11-7-2/h14,18,20H,6-13,15-17H2,1-5H3,(H,25,29)(H,26,27)/t18-,20?,24-/m1/s1. The number of hydrogen-bond donors (Lipinski definition) is 2. The van der Waals surface area contributed by atoms with E-state index in [0.29, 0.717) is 5.92 Å². The Bertz CT molecular complexity index is 701. The highest BCUT2D eigenvalue weighted by Gasteiger charge is 2.54. The molecule has 6 heteroatoms. The molecule has 1 unspecified atom stereocenters. The molecule has 6 nitrogen and oxygen atoms in total. The zero-order chi connectivity index (χ0) is 21.8. The molecule has 1 aromatic rings. The molecule has 1 saturated carbocycles. The summed E-state index contributed by atoms with van der Waals surface area (Å²) in [5, 5.41) is 10.8. The number of ether oxygens (including phenoxy) is 1. The Kier molecular flexibility index (Phi) is 7.61. The second kappa shape index (κ2) is 9.82. The Morgan fingerprint density at radius 2 is 2.17 bits per heavy atom. The van der Waals surface area contributed by atoms with Crippen LogP contribution < -0.4 is 5.32 Å². The summed E-state index contributed by atoms with van der Waals surface area (Å²) >= 11 is 0. The van der Waals surface area contributed by atoms with Crippen molar-refractivity contribution < 1.29 is 9.53 Å². The summed E-state index contributed by atoms with van der Waals surface area (Å²) in [5.74, 6) is 0.399. The maximum Gasteiger partial charge on any atom is 0.226 e. The smallest absolute Gasteiger partial charge is 0.226 e. The molecule has 1 saturated heterocycles. The lowest BCUT2D eigenvalue weighted by atomic mass is 9.65. The van der Waals surface area contributed by atoms with Gasteiger partial charge in [-0.2, -0.15) is 5.10 Å². The number of aromatic nitrogens is 2. The zero-order valence-electron chi connectivity index (χ0n) is 19.7. The Morgan fingerprint density at radius 1 is 1.37 bits per heavy atom. The van der Waals surface area contributed by atoms with Crippen LogP contribution in [0.4, 0.5) is 0 Å². The zero-order valence-corrected chi connectivity index (χ0v) is 19.7. The molecule has 1 aliphatic heterocycles. The van der Waals surface area contributed by atoms with Crippen molar-refractivity contribution in [2.45, 2.75) is 90.7 Å². The van der Waals surface area contributed by atoms with Crippen LogP contribution in [0.5, 0.6) is 0 Å². The predicted molar refractivity (Wildman–Crippen MR) is 120 cm³/mol. The minimum absolute atomic E-state index is 0.0986. The lowest BCUT2D eigenvalue weighted by Gasteiger charge is -2.43. The average Bonchev–Trinajstić information content (AvgIpc) is 3.29. The van der Waals surface area contributed by atoms with Crippen LogP contribution in [0, 0.1) is 11.3 Å². The normalized spacial score (nSPS) is 28.3. The van der Waals surface area contributed by atoms with Gasteiger partial charge in [-0.1, -0.05) is 34.1 Å². The molecule has 3 rings (SSSR count). The number of hydrogen-bond acceptors (Lipinski definition) is 4. The van der Waals surface area contributed by atoms with E-state index in [-0.39, 0.29) is 22.8 Å². The van der Waals surface area contributed by atoms with E-state index in [9.17, 15) is 4.79 Å². The van der Waals surface area contributed by atoms with Crippen LogP contribution in [-0.4, -0.2) is 53.3 Å². The molecule has 0 radical (unpaired) electrons. The molecule has 2 fully saturated rings. The molecule has 3 atom stereocenters. The molecule has 1 aromatic heterocycles. The van der Waals surface area contributed by atoms with Crippen molar-refractivity contribution in [1.29, 1.82) is 0 Å². The molecular formula is C24H42N4O2. The molecule has 1 aliphatic carbocycles. The quantitative estimate of drug-likeness (QED) is 0.629. The number of carbonyl (C=O) groups excluding carboxylic acids is 1. The molecular weight excluding hydrogens is 376 g/mol. The fourth-order valence-corrected chi connectivity index (χ4v) is 5.42. The first-order chi connectivity index (χ1) is 14.3. The summed E-state index contributed by atoms with van der Waals surface area (Å²) in [6.45, 7) is 12.3. The van der Waals surface area contributed by atoms with Gasteiger partial charge >= 0.3 is 0 Å². The fraction of sp³-hybridized carbons (Fsp3) is 0.833. The second-order valence-electron chi connectivity index (χ2n) is 10.4. The van der Waals surface area contributed by atoms with E-state index in [1.165, 1.54) is 24.1 Å². The topological polar surface area (TPSA) is 70.2 Å². The molecule has 30 heavy (non-hydrogen) atoms. The molecule has 2 heterocycles. The monoisotopic (exact) mass is 418 g/mol. The minimum atomic E-state index is -0.310. The van der Waals surface area contributed by atoms with Gasteiger partial charge in [0, 0.05) is 30.3 Å². The highest BCUT2D eigenvalue weighted by Crippen LogP contribution is 2.53. The van der Waals surface area contributed by atoms with Gasteiger partial charge in [-0.05, 0) is 57.5 Å². The summed E-state index contributed by atoms with van der Waals surface area (Å²) in [6, 6.07) is 0. The van der Waals surface area contributed by atoms with Crippen LogP contribution in [0.15, 0.2) is 6.20 Å². The third kappa shape index (κ3) is 5.25. The van der Waals surface area contributed by atoms with Crippen LogP contribution in [0.1, 0.15) is 89.8 Å². The number of nitrogens with zero attached hydrogens (tertiary/aromatic N) is 2. The molecule has 0 aromatic carbocycles. The summed E-state index contributed by atoms with van der Waals surface area (Å²) in [6.07, 6.45) is 9.13. The average molecular weight is 419 g/mol. The number of nitrogens with one attached hydrogen (secondary N) is 2. The number of amides is 1. The Hall–Kier alpha value is -1.40. The first kappa shape index (κ1) is 23.3. The van der Waals surface area contributed by atoms with Crippen LogP contribution in [0.25, 0.3) is 0 Å². The van der Waals surface area contributed by atoms with Gasteiger partial charge in [-0.15, -0.1) is 0 Å². The Labute approximate surface area is 182 Å². The van der Waals surface area contributed by atoms with Crippen molar-refractivity contribution in [2.75, 3.05) is 26.7 Å². The van der Waals surface area contributed by atoms with Gasteiger partial charge < -0.3 is 15.0 Å². The molecule has 1 amide bonds. The van der Waals surface area contributed by atoms with E-state index in [4.69, 9.17) is 4.74 Å². The fourth-order valence-electron chi connectivity index (χ4n) is 5.42. The van der Waals surface area contributed by atoms with Crippen LogP contribution >= 0.6 is 0 Å². The van der Waals surface area contributed by atoms with Gasteiger partial charge in [-0.3, -0.25) is 9.89 Å². The number of H-pyrrole nitrogens is 1. The molecule has 2 N–H and O–H groups in total. The van der Waals surface area contributed by atoms with Gasteiger partial charge in [0.2, 0.25) is 5.91 Å². The predicted octanol–water partition coefficient (Wildman–Crippen LogP) is 4.24. The summed E-state index contributed by atoms with van der Waals surface area (Å²) in [4.78, 5) is 15.6. The minimum Gasteiger partial charge on any atom is -0.374 e. The van der Waals surface area contributed by atoms with E-state index >= 15 is 0 Å². The van der Waals surface area contributed by atoms with Crippen molar-refractivity contribution in [3.05, 3.63) is 17.5 Å². The number of aromatic amines is 1. The molecule has 170 valence electrons. The van der Waals surface area contributed by atoms with Crippen molar-refractivity contribution >= 4 is 5.91 Å². The van der Waals surface area contributed by atoms with E-state index in [1.54, 1.807) is 0 Å². The van der Waals surface area contributed by atoms with E-state index in [1.807, 2.05) is 6.20 Å². The summed E-state index contributed by atoms with van der Waals surface area (Å²) < 4.78 is 6.42. The van der Waals surface area contributed by atoms with Crippen molar-refractivity contribution in [2.24, 2.45) is 11.3 Å². The lowest BCUT2D eigenvalue weighted by Crippen LogP contribution is -2.50.